The van der Waals surface area contributed by atoms with Crippen molar-refractivity contribution >= 4 is 23.2 Å². The van der Waals surface area contributed by atoms with Crippen LogP contribution in [-0.2, 0) is 0 Å². The lowest BCUT2D eigenvalue weighted by molar-refractivity contribution is 0.102. The standard InChI is InChI=1S/C16H12ClNO2/c17-13-7-9-14(10-8-13)18-16(20)15-6-2-1-4-12(15)5-3-11-19/h1-2,4,6-10,19H,11H2,(H,18,20). The molecule has 20 heavy (non-hydrogen) atoms. The molecule has 0 fully saturated rings. The molecule has 0 atom stereocenters. The Hall–Kier alpha value is -2.28. The fraction of sp³-hybridized carbons (Fsp3) is 0.0625. The fourth-order valence-corrected chi connectivity index (χ4v) is 1.78. The first-order chi connectivity index (χ1) is 9.70. The minimum atomic E-state index is -0.254. The van der Waals surface area contributed by atoms with Crippen molar-refractivity contribution in [3.05, 3.63) is 64.7 Å². The van der Waals surface area contributed by atoms with E-state index >= 15 is 0 Å². The Labute approximate surface area is 122 Å². The number of halogens is 1. The number of anilines is 1. The molecule has 0 bridgehead atoms. The minimum absolute atomic E-state index is 0.243. The predicted octanol–water partition coefficient (Wildman–Crippen LogP) is 2.94. The highest BCUT2D eigenvalue weighted by Crippen LogP contribution is 2.15. The number of aliphatic hydroxyl groups is 1. The van der Waals surface area contributed by atoms with Crippen LogP contribution in [0.2, 0.25) is 5.02 Å². The molecule has 0 saturated heterocycles. The Bertz CT molecular complexity index is 669. The Morgan fingerprint density at radius 1 is 1.15 bits per heavy atom. The van der Waals surface area contributed by atoms with Crippen molar-refractivity contribution in [3.63, 3.8) is 0 Å². The number of nitrogens with one attached hydrogen (secondary N) is 1. The highest BCUT2D eigenvalue weighted by molar-refractivity contribution is 6.30. The lowest BCUT2D eigenvalue weighted by atomic mass is 10.1. The maximum Gasteiger partial charge on any atom is 0.256 e. The topological polar surface area (TPSA) is 49.3 Å². The summed E-state index contributed by atoms with van der Waals surface area (Å²) < 4.78 is 0. The van der Waals surface area contributed by atoms with Crippen LogP contribution in [0.3, 0.4) is 0 Å². The smallest absolute Gasteiger partial charge is 0.256 e. The molecule has 3 nitrogen and oxygen atoms in total. The minimum Gasteiger partial charge on any atom is -0.384 e. The largest absolute Gasteiger partial charge is 0.384 e. The van der Waals surface area contributed by atoms with Gasteiger partial charge in [0.25, 0.3) is 5.91 Å². The van der Waals surface area contributed by atoms with E-state index in [2.05, 4.69) is 17.2 Å². The van der Waals surface area contributed by atoms with Crippen LogP contribution >= 0.6 is 11.6 Å². The van der Waals surface area contributed by atoms with Gasteiger partial charge in [-0.2, -0.15) is 0 Å². The van der Waals surface area contributed by atoms with E-state index in [0.29, 0.717) is 21.8 Å². The van der Waals surface area contributed by atoms with E-state index in [4.69, 9.17) is 16.7 Å². The second-order valence-electron chi connectivity index (χ2n) is 3.97. The summed E-state index contributed by atoms with van der Waals surface area (Å²) in [6, 6.07) is 13.8. The molecule has 0 heterocycles. The van der Waals surface area contributed by atoms with Gasteiger partial charge >= 0.3 is 0 Å². The molecule has 4 heteroatoms. The summed E-state index contributed by atoms with van der Waals surface area (Å²) in [5.41, 5.74) is 1.70. The summed E-state index contributed by atoms with van der Waals surface area (Å²) in [4.78, 5) is 12.2. The Kier molecular flexibility index (Phi) is 4.78. The lowest BCUT2D eigenvalue weighted by Gasteiger charge is -2.07. The predicted molar refractivity (Wildman–Crippen MR) is 79.8 cm³/mol. The summed E-state index contributed by atoms with van der Waals surface area (Å²) in [5, 5.41) is 12.1. The van der Waals surface area contributed by atoms with E-state index in [9.17, 15) is 4.79 Å². The summed E-state index contributed by atoms with van der Waals surface area (Å²) in [5.74, 6) is 5.04. The summed E-state index contributed by atoms with van der Waals surface area (Å²) in [6.07, 6.45) is 0. The van der Waals surface area contributed by atoms with Gasteiger partial charge in [-0.3, -0.25) is 4.79 Å². The highest BCUT2D eigenvalue weighted by atomic mass is 35.5. The van der Waals surface area contributed by atoms with Gasteiger partial charge in [-0.25, -0.2) is 0 Å². The van der Waals surface area contributed by atoms with E-state index < -0.39 is 0 Å². The van der Waals surface area contributed by atoms with Gasteiger partial charge in [0.15, 0.2) is 0 Å². The molecule has 0 saturated carbocycles. The monoisotopic (exact) mass is 285 g/mol. The first kappa shape index (κ1) is 14.1. The van der Waals surface area contributed by atoms with E-state index in [-0.39, 0.29) is 12.5 Å². The highest BCUT2D eigenvalue weighted by Gasteiger charge is 2.09. The van der Waals surface area contributed by atoms with E-state index in [1.165, 1.54) is 0 Å². The molecule has 2 aromatic rings. The Balaban J connectivity index is 2.23. The number of hydrogen-bond acceptors (Lipinski definition) is 2. The molecule has 0 unspecified atom stereocenters. The summed E-state index contributed by atoms with van der Waals surface area (Å²) in [7, 11) is 0. The van der Waals surface area contributed by atoms with Crippen LogP contribution < -0.4 is 5.32 Å². The zero-order chi connectivity index (χ0) is 14.4. The number of hydrogen-bond donors (Lipinski definition) is 2. The summed E-state index contributed by atoms with van der Waals surface area (Å²) >= 11 is 5.79. The molecule has 2 rings (SSSR count). The Morgan fingerprint density at radius 2 is 1.85 bits per heavy atom. The van der Waals surface area contributed by atoms with Crippen molar-refractivity contribution in [2.75, 3.05) is 11.9 Å². The van der Waals surface area contributed by atoms with Crippen LogP contribution in [0.25, 0.3) is 0 Å². The molecule has 0 radical (unpaired) electrons. The quantitative estimate of drug-likeness (QED) is 0.834. The van der Waals surface area contributed by atoms with Crippen molar-refractivity contribution in [3.8, 4) is 11.8 Å². The van der Waals surface area contributed by atoms with E-state index in [1.807, 2.05) is 0 Å². The van der Waals surface area contributed by atoms with Crippen LogP contribution in [0.4, 0.5) is 5.69 Å². The second kappa shape index (κ2) is 6.76. The van der Waals surface area contributed by atoms with Gasteiger partial charge in [-0.05, 0) is 36.4 Å². The molecule has 2 aromatic carbocycles. The third-order valence-electron chi connectivity index (χ3n) is 2.58. The van der Waals surface area contributed by atoms with Gasteiger partial charge in [0.2, 0.25) is 0 Å². The van der Waals surface area contributed by atoms with Crippen LogP contribution in [-0.4, -0.2) is 17.6 Å². The van der Waals surface area contributed by atoms with Gasteiger partial charge in [0, 0.05) is 16.3 Å². The average molecular weight is 286 g/mol. The molecule has 0 aliphatic heterocycles. The SMILES string of the molecule is O=C(Nc1ccc(Cl)cc1)c1ccccc1C#CCO. The Morgan fingerprint density at radius 3 is 2.55 bits per heavy atom. The van der Waals surface area contributed by atoms with Gasteiger partial charge in [-0.15, -0.1) is 0 Å². The van der Waals surface area contributed by atoms with Gasteiger partial charge in [0.05, 0.1) is 5.56 Å². The van der Waals surface area contributed by atoms with Crippen LogP contribution in [0, 0.1) is 11.8 Å². The molecule has 0 aliphatic rings. The third kappa shape index (κ3) is 3.61. The van der Waals surface area contributed by atoms with Crippen LogP contribution in [0.1, 0.15) is 15.9 Å². The maximum atomic E-state index is 12.2. The van der Waals surface area contributed by atoms with Crippen molar-refractivity contribution in [1.82, 2.24) is 0 Å². The number of benzene rings is 2. The first-order valence-corrected chi connectivity index (χ1v) is 6.34. The molecule has 0 spiro atoms. The molecule has 0 aliphatic carbocycles. The normalized spacial score (nSPS) is 9.50. The van der Waals surface area contributed by atoms with E-state index in [0.717, 1.165) is 0 Å². The first-order valence-electron chi connectivity index (χ1n) is 5.96. The van der Waals surface area contributed by atoms with E-state index in [1.54, 1.807) is 48.5 Å². The van der Waals surface area contributed by atoms with Gasteiger partial charge in [0.1, 0.15) is 6.61 Å². The zero-order valence-electron chi connectivity index (χ0n) is 10.6. The number of rotatable bonds is 2. The number of carbonyl (C=O) groups excluding carboxylic acids is 1. The molecular formula is C16H12ClNO2. The molecule has 2 N–H and O–H groups in total. The molecule has 0 aromatic heterocycles. The number of carbonyl (C=O) groups is 1. The third-order valence-corrected chi connectivity index (χ3v) is 2.83. The van der Waals surface area contributed by atoms with Crippen LogP contribution in [0.15, 0.2) is 48.5 Å². The van der Waals surface area contributed by atoms with Crippen molar-refractivity contribution in [2.24, 2.45) is 0 Å². The molecular weight excluding hydrogens is 274 g/mol. The maximum absolute atomic E-state index is 12.2. The fourth-order valence-electron chi connectivity index (χ4n) is 1.66. The van der Waals surface area contributed by atoms with Gasteiger partial charge < -0.3 is 10.4 Å². The number of aliphatic hydroxyl groups excluding tert-OH is 1. The van der Waals surface area contributed by atoms with Crippen LogP contribution in [0.5, 0.6) is 0 Å². The number of amides is 1. The molecule has 1 amide bonds. The average Bonchev–Trinajstić information content (AvgIpc) is 2.47. The van der Waals surface area contributed by atoms with Crippen molar-refractivity contribution < 1.29 is 9.90 Å². The van der Waals surface area contributed by atoms with Gasteiger partial charge in [-0.1, -0.05) is 35.6 Å². The van der Waals surface area contributed by atoms with Crippen molar-refractivity contribution in [1.29, 1.82) is 0 Å². The zero-order valence-corrected chi connectivity index (χ0v) is 11.3. The second-order valence-corrected chi connectivity index (χ2v) is 4.40. The van der Waals surface area contributed by atoms with Crippen molar-refractivity contribution in [2.45, 2.75) is 0 Å². The lowest BCUT2D eigenvalue weighted by Crippen LogP contribution is -2.13. The summed E-state index contributed by atoms with van der Waals surface area (Å²) in [6.45, 7) is -0.243. The molecule has 100 valence electrons.